The predicted molar refractivity (Wildman–Crippen MR) is 62.1 cm³/mol. The summed E-state index contributed by atoms with van der Waals surface area (Å²) >= 11 is 0. The minimum atomic E-state index is -0.405. The third kappa shape index (κ3) is 1.82. The van der Waals surface area contributed by atoms with E-state index in [-0.39, 0.29) is 0 Å². The minimum absolute atomic E-state index is 0.333. The van der Waals surface area contributed by atoms with Crippen molar-refractivity contribution in [2.45, 2.75) is 6.92 Å². The molecule has 2 aromatic rings. The van der Waals surface area contributed by atoms with Crippen molar-refractivity contribution in [3.8, 4) is 0 Å². The van der Waals surface area contributed by atoms with Gasteiger partial charge in [-0.15, -0.1) is 0 Å². The molecule has 0 aliphatic rings. The van der Waals surface area contributed by atoms with E-state index in [1.165, 1.54) is 0 Å². The van der Waals surface area contributed by atoms with Crippen LogP contribution in [0.1, 0.15) is 17.4 Å². The van der Waals surface area contributed by atoms with Gasteiger partial charge in [-0.2, -0.15) is 0 Å². The number of fused-ring (bicyclic) bond motifs is 1. The number of hydrogen-bond acceptors (Lipinski definition) is 4. The zero-order valence-corrected chi connectivity index (χ0v) is 8.93. The smallest absolute Gasteiger partial charge is 0.357 e. The number of nitrogen functional groups attached to an aromatic ring is 1. The van der Waals surface area contributed by atoms with Crippen molar-refractivity contribution in [3.05, 3.63) is 36.2 Å². The predicted octanol–water partition coefficient (Wildman–Crippen LogP) is 1.99. The van der Waals surface area contributed by atoms with E-state index in [4.69, 9.17) is 10.5 Å². The normalized spacial score (nSPS) is 10.3. The summed E-state index contributed by atoms with van der Waals surface area (Å²) in [7, 11) is 0. The molecule has 2 rings (SSSR count). The quantitative estimate of drug-likeness (QED) is 0.616. The summed E-state index contributed by atoms with van der Waals surface area (Å²) in [6.45, 7) is 2.10. The van der Waals surface area contributed by atoms with E-state index in [0.29, 0.717) is 18.0 Å². The van der Waals surface area contributed by atoms with E-state index in [1.54, 1.807) is 31.3 Å². The lowest BCUT2D eigenvalue weighted by atomic mass is 10.1. The molecule has 0 aliphatic heterocycles. The Balaban J connectivity index is 2.58. The monoisotopic (exact) mass is 216 g/mol. The zero-order valence-electron chi connectivity index (χ0n) is 8.93. The fraction of sp³-hybridized carbons (Fsp3) is 0.167. The molecule has 16 heavy (non-hydrogen) atoms. The number of esters is 1. The van der Waals surface area contributed by atoms with E-state index in [1.807, 2.05) is 6.07 Å². The first-order valence-corrected chi connectivity index (χ1v) is 5.03. The van der Waals surface area contributed by atoms with E-state index in [0.717, 1.165) is 10.8 Å². The van der Waals surface area contributed by atoms with E-state index in [9.17, 15) is 4.79 Å². The number of anilines is 1. The van der Waals surface area contributed by atoms with Gasteiger partial charge in [0, 0.05) is 17.3 Å². The molecule has 0 saturated carbocycles. The zero-order chi connectivity index (χ0) is 11.5. The summed E-state index contributed by atoms with van der Waals surface area (Å²) in [5, 5.41) is 1.65. The van der Waals surface area contributed by atoms with Crippen molar-refractivity contribution in [3.63, 3.8) is 0 Å². The first-order chi connectivity index (χ1) is 7.72. The Labute approximate surface area is 93.0 Å². The number of aromatic nitrogens is 1. The molecule has 0 spiro atoms. The van der Waals surface area contributed by atoms with Crippen molar-refractivity contribution in [2.75, 3.05) is 12.3 Å². The van der Waals surface area contributed by atoms with Gasteiger partial charge in [-0.3, -0.25) is 0 Å². The summed E-state index contributed by atoms with van der Waals surface area (Å²) < 4.78 is 4.93. The Bertz CT molecular complexity index is 538. The lowest BCUT2D eigenvalue weighted by Crippen LogP contribution is -2.07. The Morgan fingerprint density at radius 3 is 3.00 bits per heavy atom. The molecule has 4 nitrogen and oxygen atoms in total. The fourth-order valence-electron chi connectivity index (χ4n) is 1.56. The van der Waals surface area contributed by atoms with Crippen LogP contribution < -0.4 is 5.73 Å². The molecule has 0 fully saturated rings. The lowest BCUT2D eigenvalue weighted by molar-refractivity contribution is 0.0522. The van der Waals surface area contributed by atoms with Gasteiger partial charge in [0.25, 0.3) is 0 Å². The highest BCUT2D eigenvalue weighted by atomic mass is 16.5. The van der Waals surface area contributed by atoms with Gasteiger partial charge in [-0.1, -0.05) is 0 Å². The largest absolute Gasteiger partial charge is 0.461 e. The standard InChI is InChI=1S/C12H12N2O2/c1-2-16-12(15)11-10-4-3-9(13)7-8(10)5-6-14-11/h3-7H,2,13H2,1H3. The van der Waals surface area contributed by atoms with Gasteiger partial charge in [0.05, 0.1) is 6.61 Å². The number of ether oxygens (including phenoxy) is 1. The van der Waals surface area contributed by atoms with Crippen LogP contribution in [0.25, 0.3) is 10.8 Å². The molecular formula is C12H12N2O2. The van der Waals surface area contributed by atoms with Crippen LogP contribution in [-0.2, 0) is 4.74 Å². The highest BCUT2D eigenvalue weighted by Crippen LogP contribution is 2.20. The van der Waals surface area contributed by atoms with Crippen LogP contribution in [0.15, 0.2) is 30.5 Å². The molecule has 0 aliphatic carbocycles. The molecule has 0 saturated heterocycles. The van der Waals surface area contributed by atoms with Gasteiger partial charge in [0.1, 0.15) is 0 Å². The third-order valence-electron chi connectivity index (χ3n) is 2.26. The molecule has 4 heteroatoms. The van der Waals surface area contributed by atoms with Gasteiger partial charge in [0.2, 0.25) is 0 Å². The molecule has 1 aromatic carbocycles. The number of carbonyl (C=O) groups is 1. The van der Waals surface area contributed by atoms with Crippen molar-refractivity contribution >= 4 is 22.4 Å². The Morgan fingerprint density at radius 1 is 1.44 bits per heavy atom. The van der Waals surface area contributed by atoms with Gasteiger partial charge in [0.15, 0.2) is 5.69 Å². The summed E-state index contributed by atoms with van der Waals surface area (Å²) in [5.41, 5.74) is 6.67. The number of carbonyl (C=O) groups excluding carboxylic acids is 1. The van der Waals surface area contributed by atoms with Crippen molar-refractivity contribution in [1.29, 1.82) is 0 Å². The van der Waals surface area contributed by atoms with E-state index >= 15 is 0 Å². The van der Waals surface area contributed by atoms with E-state index in [2.05, 4.69) is 4.98 Å². The number of pyridine rings is 1. The molecule has 0 atom stereocenters. The van der Waals surface area contributed by atoms with Crippen molar-refractivity contribution in [1.82, 2.24) is 4.98 Å². The topological polar surface area (TPSA) is 65.2 Å². The second-order valence-electron chi connectivity index (χ2n) is 3.36. The second kappa shape index (κ2) is 4.18. The Hall–Kier alpha value is -2.10. The number of nitrogens with zero attached hydrogens (tertiary/aromatic N) is 1. The molecule has 1 aromatic heterocycles. The van der Waals surface area contributed by atoms with Gasteiger partial charge >= 0.3 is 5.97 Å². The van der Waals surface area contributed by atoms with Gasteiger partial charge < -0.3 is 10.5 Å². The highest BCUT2D eigenvalue weighted by molar-refractivity contribution is 6.03. The maximum absolute atomic E-state index is 11.6. The molecule has 0 unspecified atom stereocenters. The Morgan fingerprint density at radius 2 is 2.25 bits per heavy atom. The van der Waals surface area contributed by atoms with Crippen LogP contribution >= 0.6 is 0 Å². The van der Waals surface area contributed by atoms with Crippen LogP contribution in [0, 0.1) is 0 Å². The molecule has 0 bridgehead atoms. The van der Waals surface area contributed by atoms with Gasteiger partial charge in [-0.05, 0) is 36.6 Å². The third-order valence-corrected chi connectivity index (χ3v) is 2.26. The van der Waals surface area contributed by atoms with Crippen LogP contribution in [0.4, 0.5) is 5.69 Å². The maximum atomic E-state index is 11.6. The minimum Gasteiger partial charge on any atom is -0.461 e. The number of nitrogens with two attached hydrogens (primary N) is 1. The van der Waals surface area contributed by atoms with Gasteiger partial charge in [-0.25, -0.2) is 9.78 Å². The first kappa shape index (κ1) is 10.4. The first-order valence-electron chi connectivity index (χ1n) is 5.03. The number of hydrogen-bond donors (Lipinski definition) is 1. The van der Waals surface area contributed by atoms with Crippen LogP contribution in [0.5, 0.6) is 0 Å². The SMILES string of the molecule is CCOC(=O)c1nccc2cc(N)ccc12. The lowest BCUT2D eigenvalue weighted by Gasteiger charge is -2.05. The Kier molecular flexibility index (Phi) is 2.72. The summed E-state index contributed by atoms with van der Waals surface area (Å²) in [6, 6.07) is 7.14. The molecular weight excluding hydrogens is 204 g/mol. The fourth-order valence-corrected chi connectivity index (χ4v) is 1.56. The van der Waals surface area contributed by atoms with Crippen molar-refractivity contribution < 1.29 is 9.53 Å². The molecule has 2 N–H and O–H groups in total. The summed E-state index contributed by atoms with van der Waals surface area (Å²) in [4.78, 5) is 15.7. The summed E-state index contributed by atoms with van der Waals surface area (Å²) in [5.74, 6) is -0.405. The second-order valence-corrected chi connectivity index (χ2v) is 3.36. The summed E-state index contributed by atoms with van der Waals surface area (Å²) in [6.07, 6.45) is 1.58. The molecule has 1 heterocycles. The molecule has 82 valence electrons. The highest BCUT2D eigenvalue weighted by Gasteiger charge is 2.12. The average molecular weight is 216 g/mol. The molecule has 0 amide bonds. The number of rotatable bonds is 2. The van der Waals surface area contributed by atoms with Crippen LogP contribution in [0.3, 0.4) is 0 Å². The average Bonchev–Trinajstić information content (AvgIpc) is 2.28. The molecule has 0 radical (unpaired) electrons. The maximum Gasteiger partial charge on any atom is 0.357 e. The van der Waals surface area contributed by atoms with Crippen LogP contribution in [0.2, 0.25) is 0 Å². The number of benzene rings is 1. The van der Waals surface area contributed by atoms with E-state index < -0.39 is 5.97 Å². The van der Waals surface area contributed by atoms with Crippen molar-refractivity contribution in [2.24, 2.45) is 0 Å². The van der Waals surface area contributed by atoms with Crippen LogP contribution in [-0.4, -0.2) is 17.6 Å².